The van der Waals surface area contributed by atoms with E-state index in [-0.39, 0.29) is 23.3 Å². The van der Waals surface area contributed by atoms with Gasteiger partial charge >= 0.3 is 5.97 Å². The maximum Gasteiger partial charge on any atom is 0.365 e. The van der Waals surface area contributed by atoms with Gasteiger partial charge in [-0.2, -0.15) is 0 Å². The number of allylic oxidation sites excluding steroid dienone is 2. The van der Waals surface area contributed by atoms with Crippen LogP contribution in [0.25, 0.3) is 0 Å². The molecular weight excluding hydrogens is 373 g/mol. The highest BCUT2D eigenvalue weighted by Crippen LogP contribution is 2.41. The van der Waals surface area contributed by atoms with Crippen LogP contribution in [0.4, 0.5) is 0 Å². The first-order valence-electron chi connectivity index (χ1n) is 8.54. The van der Waals surface area contributed by atoms with Crippen LogP contribution in [-0.4, -0.2) is 27.7 Å². The Kier molecular flexibility index (Phi) is 6.30. The van der Waals surface area contributed by atoms with Crippen molar-refractivity contribution in [2.75, 3.05) is 0 Å². The van der Waals surface area contributed by atoms with Crippen molar-refractivity contribution >= 4 is 40.7 Å². The summed E-state index contributed by atoms with van der Waals surface area (Å²) in [5.41, 5.74) is 2.22. The predicted molar refractivity (Wildman–Crippen MR) is 105 cm³/mol. The van der Waals surface area contributed by atoms with Gasteiger partial charge in [0.25, 0.3) is 0 Å². The third kappa shape index (κ3) is 3.86. The molecule has 1 aliphatic rings. The Labute approximate surface area is 164 Å². The molecule has 0 aromatic heterocycles. The van der Waals surface area contributed by atoms with Crippen LogP contribution in [0.5, 0.6) is 0 Å². The Morgan fingerprint density at radius 2 is 1.77 bits per heavy atom. The van der Waals surface area contributed by atoms with Crippen molar-refractivity contribution in [3.8, 4) is 0 Å². The molecule has 26 heavy (non-hydrogen) atoms. The lowest BCUT2D eigenvalue weighted by Crippen LogP contribution is -2.53. The van der Waals surface area contributed by atoms with E-state index in [1.165, 1.54) is 0 Å². The third-order valence-electron chi connectivity index (χ3n) is 4.53. The van der Waals surface area contributed by atoms with Gasteiger partial charge in [0.05, 0.1) is 5.56 Å². The van der Waals surface area contributed by atoms with Crippen LogP contribution >= 0.6 is 23.2 Å². The van der Waals surface area contributed by atoms with Crippen molar-refractivity contribution in [1.82, 2.24) is 0 Å². The van der Waals surface area contributed by atoms with E-state index in [1.54, 1.807) is 18.2 Å². The molecule has 0 spiro atoms. The van der Waals surface area contributed by atoms with Gasteiger partial charge in [-0.25, -0.2) is 4.79 Å². The molecule has 4 nitrogen and oxygen atoms in total. The number of oxime groups is 1. The smallest absolute Gasteiger partial charge is 0.312 e. The number of benzene rings is 1. The number of nitrogens with zero attached hydrogens (tertiary/aromatic N) is 1. The van der Waals surface area contributed by atoms with Gasteiger partial charge in [-0.3, -0.25) is 4.79 Å². The van der Waals surface area contributed by atoms with Crippen LogP contribution in [0.15, 0.2) is 41.1 Å². The van der Waals surface area contributed by atoms with E-state index in [9.17, 15) is 9.59 Å². The molecule has 0 radical (unpaired) electrons. The second kappa shape index (κ2) is 7.93. The normalized spacial score (nSPS) is 25.0. The van der Waals surface area contributed by atoms with Crippen LogP contribution in [0, 0.1) is 18.8 Å². The summed E-state index contributed by atoms with van der Waals surface area (Å²) >= 11 is 13.1. The molecule has 2 unspecified atom stereocenters. The number of hydrogen-bond acceptors (Lipinski definition) is 4. The minimum absolute atomic E-state index is 0.0541. The Morgan fingerprint density at radius 1 is 1.19 bits per heavy atom. The number of alkyl halides is 2. The maximum atomic E-state index is 12.8. The van der Waals surface area contributed by atoms with E-state index in [1.807, 2.05) is 46.8 Å². The van der Waals surface area contributed by atoms with Crippen molar-refractivity contribution in [2.24, 2.45) is 17.0 Å². The number of halogens is 2. The number of ketones is 1. The molecule has 2 rings (SSSR count). The Morgan fingerprint density at radius 3 is 2.27 bits per heavy atom. The molecule has 1 aromatic rings. The SMILES string of the molecule is Cc1ccc(C(=O)O/N=C2/C=C(C(C)C)C(=O)C(Cl)(C(C)C)C2Cl)cc1. The van der Waals surface area contributed by atoms with Gasteiger partial charge in [-0.15, -0.1) is 23.2 Å². The van der Waals surface area contributed by atoms with Crippen molar-refractivity contribution in [2.45, 2.75) is 44.9 Å². The monoisotopic (exact) mass is 395 g/mol. The van der Waals surface area contributed by atoms with E-state index < -0.39 is 16.2 Å². The molecule has 0 N–H and O–H groups in total. The highest BCUT2D eigenvalue weighted by molar-refractivity contribution is 6.51. The molecule has 6 heteroatoms. The Bertz CT molecular complexity index is 766. The van der Waals surface area contributed by atoms with Gasteiger partial charge in [-0.05, 0) is 37.0 Å². The van der Waals surface area contributed by atoms with Gasteiger partial charge in [0.1, 0.15) is 16.0 Å². The van der Waals surface area contributed by atoms with Gasteiger partial charge in [0.2, 0.25) is 0 Å². The minimum Gasteiger partial charge on any atom is -0.312 e. The largest absolute Gasteiger partial charge is 0.365 e. The summed E-state index contributed by atoms with van der Waals surface area (Å²) in [6.45, 7) is 9.38. The molecular formula is C20H23Cl2NO3. The number of carbonyl (C=O) groups excluding carboxylic acids is 2. The fraction of sp³-hybridized carbons (Fsp3) is 0.450. The number of aryl methyl sites for hydroxylation is 1. The zero-order chi connectivity index (χ0) is 19.6. The summed E-state index contributed by atoms with van der Waals surface area (Å²) in [5, 5.41) is 3.03. The highest BCUT2D eigenvalue weighted by atomic mass is 35.5. The van der Waals surface area contributed by atoms with Crippen LogP contribution in [0.1, 0.15) is 43.6 Å². The second-order valence-corrected chi connectivity index (χ2v) is 8.19. The van der Waals surface area contributed by atoms with Crippen LogP contribution in [0.3, 0.4) is 0 Å². The zero-order valence-electron chi connectivity index (χ0n) is 15.5. The van der Waals surface area contributed by atoms with E-state index in [0.717, 1.165) is 5.56 Å². The first kappa shape index (κ1) is 20.7. The van der Waals surface area contributed by atoms with Crippen LogP contribution < -0.4 is 0 Å². The van der Waals surface area contributed by atoms with E-state index in [4.69, 9.17) is 28.0 Å². The van der Waals surface area contributed by atoms with Crippen molar-refractivity contribution < 1.29 is 14.4 Å². The lowest BCUT2D eigenvalue weighted by Gasteiger charge is -2.38. The Hall–Kier alpha value is -1.65. The predicted octanol–water partition coefficient (Wildman–Crippen LogP) is 4.91. The standard InChI is InChI=1S/C20H23Cl2NO3/c1-11(2)15-10-16(17(21)20(22,12(3)4)18(15)24)23-26-19(25)14-8-6-13(5)7-9-14/h6-12,17H,1-5H3/b23-16-. The fourth-order valence-corrected chi connectivity index (χ4v) is 3.42. The number of rotatable bonds is 4. The van der Waals surface area contributed by atoms with Gasteiger partial charge < -0.3 is 4.84 Å². The first-order chi connectivity index (χ1) is 12.1. The van der Waals surface area contributed by atoms with Crippen LogP contribution in [-0.2, 0) is 9.63 Å². The summed E-state index contributed by atoms with van der Waals surface area (Å²) in [6.07, 6.45) is 1.58. The molecule has 140 valence electrons. The molecule has 2 atom stereocenters. The topological polar surface area (TPSA) is 55.7 Å². The van der Waals surface area contributed by atoms with E-state index >= 15 is 0 Å². The number of Topliss-reactive ketones (excluding diaryl/α,β-unsaturated/α-hetero) is 1. The molecule has 0 amide bonds. The molecule has 0 saturated heterocycles. The molecule has 0 heterocycles. The molecule has 1 aliphatic carbocycles. The summed E-state index contributed by atoms with van der Waals surface area (Å²) in [5.74, 6) is -1.07. The zero-order valence-corrected chi connectivity index (χ0v) is 17.1. The molecule has 0 fully saturated rings. The van der Waals surface area contributed by atoms with Gasteiger partial charge in [0.15, 0.2) is 5.78 Å². The molecule has 0 saturated carbocycles. The van der Waals surface area contributed by atoms with E-state index in [0.29, 0.717) is 11.1 Å². The second-order valence-electron chi connectivity index (χ2n) is 7.13. The van der Waals surface area contributed by atoms with Gasteiger partial charge in [-0.1, -0.05) is 50.5 Å². The first-order valence-corrected chi connectivity index (χ1v) is 9.35. The quantitative estimate of drug-likeness (QED) is 0.413. The summed E-state index contributed by atoms with van der Waals surface area (Å²) in [7, 11) is 0. The van der Waals surface area contributed by atoms with E-state index in [2.05, 4.69) is 5.16 Å². The lowest BCUT2D eigenvalue weighted by atomic mass is 9.75. The molecule has 0 bridgehead atoms. The number of hydrogen-bond donors (Lipinski definition) is 0. The van der Waals surface area contributed by atoms with Crippen LogP contribution in [0.2, 0.25) is 0 Å². The lowest BCUT2D eigenvalue weighted by molar-refractivity contribution is -0.119. The van der Waals surface area contributed by atoms with Crippen molar-refractivity contribution in [1.29, 1.82) is 0 Å². The summed E-state index contributed by atoms with van der Waals surface area (Å²) in [4.78, 5) is 28.8. The maximum absolute atomic E-state index is 12.8. The fourth-order valence-electron chi connectivity index (χ4n) is 2.74. The average Bonchev–Trinajstić information content (AvgIpc) is 2.59. The van der Waals surface area contributed by atoms with Crippen molar-refractivity contribution in [3.63, 3.8) is 0 Å². The minimum atomic E-state index is -1.33. The molecule has 1 aromatic carbocycles. The highest BCUT2D eigenvalue weighted by Gasteiger charge is 2.52. The Balaban J connectivity index is 2.36. The number of carbonyl (C=O) groups is 2. The summed E-state index contributed by atoms with van der Waals surface area (Å²) < 4.78 is 0. The third-order valence-corrected chi connectivity index (χ3v) is 6.03. The summed E-state index contributed by atoms with van der Waals surface area (Å²) in [6, 6.07) is 6.95. The molecule has 0 aliphatic heterocycles. The van der Waals surface area contributed by atoms with Crippen molar-refractivity contribution in [3.05, 3.63) is 47.0 Å². The van der Waals surface area contributed by atoms with Gasteiger partial charge in [0, 0.05) is 5.57 Å². The average molecular weight is 396 g/mol.